The van der Waals surface area contributed by atoms with Gasteiger partial charge in [0, 0.05) is 27.3 Å². The van der Waals surface area contributed by atoms with Gasteiger partial charge in [0.2, 0.25) is 0 Å². The number of rotatable bonds is 10. The van der Waals surface area contributed by atoms with Crippen molar-refractivity contribution in [3.8, 4) is 5.75 Å². The van der Waals surface area contributed by atoms with Crippen LogP contribution in [-0.2, 0) is 16.0 Å². The molecule has 0 fully saturated rings. The number of nitrogens with one attached hydrogen (secondary N) is 1. The zero-order valence-corrected chi connectivity index (χ0v) is 11.6. The maximum absolute atomic E-state index is 9.46. The highest BCUT2D eigenvalue weighted by Gasteiger charge is 2.04. The van der Waals surface area contributed by atoms with Crippen LogP contribution in [0.4, 0.5) is 0 Å². The average Bonchev–Trinajstić information content (AvgIpc) is 2.43. The van der Waals surface area contributed by atoms with E-state index in [0.29, 0.717) is 6.61 Å². The Hall–Kier alpha value is -1.14. The molecule has 5 nitrogen and oxygen atoms in total. The van der Waals surface area contributed by atoms with Crippen molar-refractivity contribution in [3.05, 3.63) is 29.8 Å². The highest BCUT2D eigenvalue weighted by molar-refractivity contribution is 5.27. The lowest BCUT2D eigenvalue weighted by molar-refractivity contribution is 0.0325. The van der Waals surface area contributed by atoms with Crippen LogP contribution in [0.1, 0.15) is 5.56 Å². The van der Waals surface area contributed by atoms with Crippen molar-refractivity contribution in [1.82, 2.24) is 5.32 Å². The Balaban J connectivity index is 2.27. The van der Waals surface area contributed by atoms with E-state index in [1.165, 1.54) is 5.56 Å². The predicted octanol–water partition coefficient (Wildman–Crippen LogP) is 0.809. The maximum atomic E-state index is 9.46. The summed E-state index contributed by atoms with van der Waals surface area (Å²) in [6, 6.07) is 7.79. The van der Waals surface area contributed by atoms with E-state index in [9.17, 15) is 5.11 Å². The van der Waals surface area contributed by atoms with E-state index >= 15 is 0 Å². The third kappa shape index (κ3) is 7.12. The van der Waals surface area contributed by atoms with Gasteiger partial charge in [-0.3, -0.25) is 0 Å². The van der Waals surface area contributed by atoms with Crippen LogP contribution in [0.5, 0.6) is 5.75 Å². The number of ether oxygens (including phenoxy) is 3. The molecular formula is C14H23NO4. The second-order valence-electron chi connectivity index (χ2n) is 4.23. The van der Waals surface area contributed by atoms with Crippen LogP contribution < -0.4 is 10.1 Å². The first-order valence-corrected chi connectivity index (χ1v) is 6.34. The Morgan fingerprint density at radius 2 is 1.84 bits per heavy atom. The molecule has 1 aromatic carbocycles. The first-order valence-electron chi connectivity index (χ1n) is 6.34. The van der Waals surface area contributed by atoms with Crippen LogP contribution in [0, 0.1) is 0 Å². The second kappa shape index (κ2) is 9.75. The zero-order valence-electron chi connectivity index (χ0n) is 11.6. The molecule has 0 radical (unpaired) electrons. The first-order chi connectivity index (χ1) is 9.26. The quantitative estimate of drug-likeness (QED) is 0.616. The standard InChI is InChI=1S/C14H23NO4/c1-17-8-7-15-9-12-3-5-14(6-4-12)19-11-13(16)10-18-2/h3-6,13,15-16H,7-11H2,1-2H3. The van der Waals surface area contributed by atoms with Gasteiger partial charge in [0.25, 0.3) is 0 Å². The van der Waals surface area contributed by atoms with Crippen LogP contribution in [0.15, 0.2) is 24.3 Å². The van der Waals surface area contributed by atoms with Crippen molar-refractivity contribution in [3.63, 3.8) is 0 Å². The molecule has 0 heterocycles. The zero-order chi connectivity index (χ0) is 13.9. The van der Waals surface area contributed by atoms with E-state index in [-0.39, 0.29) is 13.2 Å². The molecule has 19 heavy (non-hydrogen) atoms. The number of benzene rings is 1. The largest absolute Gasteiger partial charge is 0.491 e. The van der Waals surface area contributed by atoms with Gasteiger partial charge in [-0.25, -0.2) is 0 Å². The Bertz CT molecular complexity index is 329. The molecule has 2 N–H and O–H groups in total. The highest BCUT2D eigenvalue weighted by Crippen LogP contribution is 2.12. The van der Waals surface area contributed by atoms with Crippen LogP contribution in [0.25, 0.3) is 0 Å². The Morgan fingerprint density at radius 1 is 1.11 bits per heavy atom. The molecule has 0 saturated carbocycles. The van der Waals surface area contributed by atoms with E-state index in [4.69, 9.17) is 14.2 Å². The molecule has 0 bridgehead atoms. The Morgan fingerprint density at radius 3 is 2.47 bits per heavy atom. The van der Waals surface area contributed by atoms with Crippen molar-refractivity contribution in [2.45, 2.75) is 12.6 Å². The molecule has 5 heteroatoms. The van der Waals surface area contributed by atoms with Gasteiger partial charge in [0.05, 0.1) is 13.2 Å². The summed E-state index contributed by atoms with van der Waals surface area (Å²) in [4.78, 5) is 0. The lowest BCUT2D eigenvalue weighted by atomic mass is 10.2. The van der Waals surface area contributed by atoms with Gasteiger partial charge >= 0.3 is 0 Å². The molecule has 0 aromatic heterocycles. The minimum atomic E-state index is -0.597. The fraction of sp³-hybridized carbons (Fsp3) is 0.571. The summed E-state index contributed by atoms with van der Waals surface area (Å²) < 4.78 is 15.2. The van der Waals surface area contributed by atoms with E-state index in [2.05, 4.69) is 5.32 Å². The minimum Gasteiger partial charge on any atom is -0.491 e. The first kappa shape index (κ1) is 15.9. The molecule has 0 aliphatic heterocycles. The van der Waals surface area contributed by atoms with Gasteiger partial charge < -0.3 is 24.6 Å². The molecule has 0 aliphatic carbocycles. The Kier molecular flexibility index (Phi) is 8.16. The lowest BCUT2D eigenvalue weighted by Gasteiger charge is -2.11. The molecule has 1 atom stereocenters. The third-order valence-electron chi connectivity index (χ3n) is 2.54. The SMILES string of the molecule is COCCNCc1ccc(OCC(O)COC)cc1. The molecule has 0 spiro atoms. The number of hydrogen-bond donors (Lipinski definition) is 2. The summed E-state index contributed by atoms with van der Waals surface area (Å²) in [5.74, 6) is 0.746. The molecular weight excluding hydrogens is 246 g/mol. The normalized spacial score (nSPS) is 12.4. The molecule has 0 saturated heterocycles. The van der Waals surface area contributed by atoms with E-state index < -0.39 is 6.10 Å². The smallest absolute Gasteiger partial charge is 0.119 e. The van der Waals surface area contributed by atoms with E-state index in [0.717, 1.165) is 18.8 Å². The summed E-state index contributed by atoms with van der Waals surface area (Å²) in [6.07, 6.45) is -0.597. The van der Waals surface area contributed by atoms with Gasteiger partial charge in [0.1, 0.15) is 18.5 Å². The monoisotopic (exact) mass is 269 g/mol. The summed E-state index contributed by atoms with van der Waals surface area (Å²) >= 11 is 0. The van der Waals surface area contributed by atoms with Crippen LogP contribution >= 0.6 is 0 Å². The molecule has 1 unspecified atom stereocenters. The lowest BCUT2D eigenvalue weighted by Crippen LogP contribution is -2.22. The van der Waals surface area contributed by atoms with Crippen LogP contribution in [0.3, 0.4) is 0 Å². The fourth-order valence-corrected chi connectivity index (χ4v) is 1.54. The van der Waals surface area contributed by atoms with Crippen LogP contribution in [-0.4, -0.2) is 51.8 Å². The molecule has 1 aromatic rings. The highest BCUT2D eigenvalue weighted by atomic mass is 16.5. The van der Waals surface area contributed by atoms with Crippen molar-refractivity contribution < 1.29 is 19.3 Å². The minimum absolute atomic E-state index is 0.235. The molecule has 1 rings (SSSR count). The predicted molar refractivity (Wildman–Crippen MR) is 73.4 cm³/mol. The number of aliphatic hydroxyl groups is 1. The summed E-state index contributed by atoms with van der Waals surface area (Å²) in [6.45, 7) is 2.85. The van der Waals surface area contributed by atoms with Gasteiger partial charge in [-0.1, -0.05) is 12.1 Å². The van der Waals surface area contributed by atoms with Crippen molar-refractivity contribution in [1.29, 1.82) is 0 Å². The maximum Gasteiger partial charge on any atom is 0.119 e. The third-order valence-corrected chi connectivity index (χ3v) is 2.54. The number of aliphatic hydroxyl groups excluding tert-OH is 1. The average molecular weight is 269 g/mol. The van der Waals surface area contributed by atoms with E-state index in [1.54, 1.807) is 14.2 Å². The Labute approximate surface area is 114 Å². The van der Waals surface area contributed by atoms with Gasteiger partial charge in [-0.2, -0.15) is 0 Å². The van der Waals surface area contributed by atoms with Gasteiger partial charge in [-0.05, 0) is 17.7 Å². The topological polar surface area (TPSA) is 60.0 Å². The molecule has 0 amide bonds. The second-order valence-corrected chi connectivity index (χ2v) is 4.23. The van der Waals surface area contributed by atoms with Gasteiger partial charge in [-0.15, -0.1) is 0 Å². The molecule has 0 aliphatic rings. The van der Waals surface area contributed by atoms with Crippen molar-refractivity contribution >= 4 is 0 Å². The summed E-state index contributed by atoms with van der Waals surface area (Å²) in [5.41, 5.74) is 1.18. The fourth-order valence-electron chi connectivity index (χ4n) is 1.54. The van der Waals surface area contributed by atoms with Crippen molar-refractivity contribution in [2.24, 2.45) is 0 Å². The number of methoxy groups -OCH3 is 2. The van der Waals surface area contributed by atoms with Crippen molar-refractivity contribution in [2.75, 3.05) is 40.6 Å². The summed E-state index contributed by atoms with van der Waals surface area (Å²) in [5, 5.41) is 12.7. The number of hydrogen-bond acceptors (Lipinski definition) is 5. The summed E-state index contributed by atoms with van der Waals surface area (Å²) in [7, 11) is 3.24. The van der Waals surface area contributed by atoms with Crippen LogP contribution in [0.2, 0.25) is 0 Å². The van der Waals surface area contributed by atoms with Gasteiger partial charge in [0.15, 0.2) is 0 Å². The molecule has 108 valence electrons. The van der Waals surface area contributed by atoms with E-state index in [1.807, 2.05) is 24.3 Å².